The van der Waals surface area contributed by atoms with Gasteiger partial charge in [-0.3, -0.25) is 30.1 Å². The number of nitrogens with zero attached hydrogens (tertiary/aromatic N) is 4. The number of phenolic OH excluding ortho intramolecular Hbond substituents is 1. The summed E-state index contributed by atoms with van der Waals surface area (Å²) in [6.07, 6.45) is -0.200. The molecule has 1 amide bonds. The van der Waals surface area contributed by atoms with Crippen LogP contribution in [-0.4, -0.2) is 79.5 Å². The molecule has 5 atom stereocenters. The molecule has 6 aromatic rings. The van der Waals surface area contributed by atoms with Crippen molar-refractivity contribution < 1.29 is 56.9 Å². The van der Waals surface area contributed by atoms with Crippen LogP contribution in [0.4, 0.5) is 17.1 Å². The van der Waals surface area contributed by atoms with Crippen LogP contribution < -0.4 is 39.6 Å². The number of aromatic nitrogens is 1. The smallest absolute Gasteiger partial charge is 0.255 e. The lowest BCUT2D eigenvalue weighted by molar-refractivity contribution is -0.655. The number of hydrogen-bond acceptors (Lipinski definition) is 13. The highest BCUT2D eigenvalue weighted by Crippen LogP contribution is 2.57. The normalized spacial score (nSPS) is 21.7. The van der Waals surface area contributed by atoms with E-state index in [0.717, 1.165) is 50.9 Å². The molecule has 3 aliphatic rings. The summed E-state index contributed by atoms with van der Waals surface area (Å²) in [5, 5.41) is 74.4. The van der Waals surface area contributed by atoms with Crippen molar-refractivity contribution in [2.45, 2.75) is 44.1 Å². The second kappa shape index (κ2) is 19.3. The maximum absolute atomic E-state index is 13.7. The quantitative estimate of drug-likeness (QED) is 0.0154. The first kappa shape index (κ1) is 51.0. The molecule has 1 heterocycles. The molecule has 1 aromatic heterocycles. The Labute approximate surface area is 408 Å². The van der Waals surface area contributed by atoms with Crippen molar-refractivity contribution >= 4 is 80.2 Å². The van der Waals surface area contributed by atoms with Crippen LogP contribution in [0.1, 0.15) is 37.0 Å². The molecule has 1 saturated carbocycles. The standard InChI is InChI=1S/C28H25N7.C22H24N2O8.2ClH/c1-2-35-26-16-20(29)11-13-24(26)23-14-12-22(17-25(23)27(35)18-7-4-3-5-8-18)33-34-32-21-10-6-9-19(15-21)28(30)31;1-21(31)8-5-4-6-11(25)12(8)16(26)13-9(21)7-10-15(24(2)3)17(27)14(20(23)30)19(29)22(10,32)18(13)28;;/h3-17,29H,2H2,1H3,(H4,30,31,32,33);4-6,9-10,15,25-26,29,31-32H,7H2,1-3H3,(H2,23,30);2*1H/t;9-,10-,15-,21+,22-;;/m.0../s1. The van der Waals surface area contributed by atoms with Crippen molar-refractivity contribution in [2.24, 2.45) is 33.6 Å². The number of carbonyl (C=O) groups is 3. The summed E-state index contributed by atoms with van der Waals surface area (Å²) in [5.41, 5.74) is 20.3. The zero-order valence-electron chi connectivity index (χ0n) is 37.8. The maximum atomic E-state index is 13.7. The monoisotopic (exact) mass is 975 g/mol. The molecule has 0 unspecified atom stereocenters. The Balaban J connectivity index is 0.000000221. The Morgan fingerprint density at radius 1 is 0.899 bits per heavy atom. The molecule has 0 spiro atoms. The van der Waals surface area contributed by atoms with Crippen molar-refractivity contribution in [1.29, 1.82) is 5.41 Å². The number of nitrogens with one attached hydrogen (secondary N) is 2. The number of hydrogen-bond donors (Lipinski definition) is 10. The molecule has 9 rings (SSSR count). The molecule has 69 heavy (non-hydrogen) atoms. The van der Waals surface area contributed by atoms with E-state index in [-0.39, 0.29) is 48.2 Å². The van der Waals surface area contributed by atoms with Crippen LogP contribution in [0.2, 0.25) is 0 Å². The zero-order chi connectivity index (χ0) is 48.3. The van der Waals surface area contributed by atoms with E-state index in [1.165, 1.54) is 44.1 Å². The number of aryl methyl sites for hydroxylation is 1. The molecule has 358 valence electrons. The van der Waals surface area contributed by atoms with Crippen LogP contribution >= 0.6 is 12.4 Å². The zero-order valence-corrected chi connectivity index (χ0v) is 39.4. The second-order valence-electron chi connectivity index (χ2n) is 17.2. The molecule has 0 aliphatic heterocycles. The van der Waals surface area contributed by atoms with Gasteiger partial charge < -0.3 is 55.1 Å². The number of amides is 1. The number of nitrogens with two attached hydrogens (primary N) is 3. The van der Waals surface area contributed by atoms with Gasteiger partial charge in [-0.2, -0.15) is 4.57 Å². The van der Waals surface area contributed by atoms with Crippen molar-refractivity contribution in [3.05, 3.63) is 143 Å². The number of rotatable bonds is 8. The van der Waals surface area contributed by atoms with E-state index in [9.17, 15) is 39.9 Å². The maximum Gasteiger partial charge on any atom is 0.255 e. The largest absolute Gasteiger partial charge is 1.00 e. The summed E-state index contributed by atoms with van der Waals surface area (Å²) >= 11 is 0. The van der Waals surface area contributed by atoms with E-state index in [4.69, 9.17) is 22.6 Å². The van der Waals surface area contributed by atoms with E-state index in [1.807, 2.05) is 48.5 Å². The number of Topliss-reactive ketones (excluding diaryl/α,β-unsaturated/α-hetero) is 2. The highest BCUT2D eigenvalue weighted by Gasteiger charge is 2.66. The first-order valence-corrected chi connectivity index (χ1v) is 21.4. The van der Waals surface area contributed by atoms with Crippen molar-refractivity contribution in [3.8, 4) is 17.0 Å². The van der Waals surface area contributed by atoms with Gasteiger partial charge in [0, 0.05) is 45.7 Å². The number of halogens is 2. The molecule has 0 bridgehead atoms. The lowest BCUT2D eigenvalue weighted by Gasteiger charge is -2.53. The Morgan fingerprint density at radius 3 is 2.23 bits per heavy atom. The molecule has 0 radical (unpaired) electrons. The molecule has 17 nitrogen and oxygen atoms in total. The van der Waals surface area contributed by atoms with Gasteiger partial charge in [-0.05, 0) is 94.5 Å². The number of aliphatic hydroxyl groups excluding tert-OH is 2. The molecule has 19 heteroatoms. The Kier molecular flexibility index (Phi) is 14.3. The Bertz CT molecular complexity index is 3180. The first-order valence-electron chi connectivity index (χ1n) is 21.4. The third-order valence-corrected chi connectivity index (χ3v) is 13.0. The highest BCUT2D eigenvalue weighted by molar-refractivity contribution is 6.24. The van der Waals surface area contributed by atoms with E-state index in [1.54, 1.807) is 12.1 Å². The molecule has 1 fully saturated rings. The van der Waals surface area contributed by atoms with Gasteiger partial charge in [0.2, 0.25) is 17.0 Å². The summed E-state index contributed by atoms with van der Waals surface area (Å²) in [6, 6.07) is 32.8. The van der Waals surface area contributed by atoms with Crippen LogP contribution in [0.3, 0.4) is 0 Å². The number of anilines is 2. The molecule has 0 saturated heterocycles. The van der Waals surface area contributed by atoms with Gasteiger partial charge in [0.1, 0.15) is 35.2 Å². The molecule has 5 aromatic carbocycles. The minimum Gasteiger partial charge on any atom is -1.00 e. The van der Waals surface area contributed by atoms with Crippen LogP contribution in [-0.2, 0) is 26.5 Å². The average molecular weight is 977 g/mol. The number of aliphatic hydroxyl groups is 4. The van der Waals surface area contributed by atoms with Gasteiger partial charge in [-0.1, -0.05) is 53.8 Å². The Morgan fingerprint density at radius 2 is 1.58 bits per heavy atom. The number of benzene rings is 5. The second-order valence-corrected chi connectivity index (χ2v) is 17.2. The number of likely N-dealkylation sites (N-methyl/N-ethyl adjacent to an activating group) is 1. The van der Waals surface area contributed by atoms with E-state index in [2.05, 4.69) is 57.6 Å². The summed E-state index contributed by atoms with van der Waals surface area (Å²) < 4.78 is 2.30. The van der Waals surface area contributed by atoms with Gasteiger partial charge >= 0.3 is 0 Å². The van der Waals surface area contributed by atoms with Crippen LogP contribution in [0, 0.1) is 17.2 Å². The van der Waals surface area contributed by atoms with Gasteiger partial charge in [-0.15, -0.1) is 17.5 Å². The molecular weight excluding hydrogens is 926 g/mol. The number of aromatic hydroxyl groups is 1. The average Bonchev–Trinajstić information content (AvgIpc) is 3.29. The van der Waals surface area contributed by atoms with Gasteiger partial charge in [0.25, 0.3) is 5.91 Å². The van der Waals surface area contributed by atoms with Crippen molar-refractivity contribution in [2.75, 3.05) is 25.3 Å². The topological polar surface area (TPSA) is 298 Å². The SMILES string of the molecule is CC[n+]1c(-c2ccccc2)c2cc(N=NNc3cccc(C(=N)N)c3)ccc2c2ccc(N)cc21.CN(C)[C@@H]1C(=O)C(C(N)=O)=C(O)[C@@]2(O)C(=O)C3=C(O)c4c(O)cccc4[C@@](C)(O)[C@H]3C[C@@H]12.Cl.[Cl-]. The lowest BCUT2D eigenvalue weighted by Crippen LogP contribution is -3.00. The number of ketones is 2. The number of pyridine rings is 1. The number of nitrogen functional groups attached to an aromatic ring is 2. The van der Waals surface area contributed by atoms with E-state index in [0.29, 0.717) is 11.3 Å². The number of amidine groups is 1. The van der Waals surface area contributed by atoms with Gasteiger partial charge in [0.15, 0.2) is 11.4 Å². The minimum atomic E-state index is -2.75. The number of primary amides is 1. The summed E-state index contributed by atoms with van der Waals surface area (Å²) in [4.78, 5) is 40.0. The predicted molar refractivity (Wildman–Crippen MR) is 260 cm³/mol. The van der Waals surface area contributed by atoms with E-state index >= 15 is 0 Å². The number of carbonyl (C=O) groups excluding carboxylic acids is 3. The van der Waals surface area contributed by atoms with Crippen molar-refractivity contribution in [3.63, 3.8) is 0 Å². The van der Waals surface area contributed by atoms with Gasteiger partial charge in [-0.25, -0.2) is 0 Å². The molecule has 13 N–H and O–H groups in total. The van der Waals surface area contributed by atoms with Crippen LogP contribution in [0.5, 0.6) is 5.75 Å². The lowest BCUT2D eigenvalue weighted by atomic mass is 9.54. The number of fused-ring (bicyclic) bond motifs is 6. The minimum absolute atomic E-state index is 0. The van der Waals surface area contributed by atoms with Gasteiger partial charge in [0.05, 0.1) is 39.4 Å². The van der Waals surface area contributed by atoms with Crippen LogP contribution in [0.15, 0.2) is 136 Å². The fourth-order valence-corrected chi connectivity index (χ4v) is 9.92. The first-order chi connectivity index (χ1) is 31.8. The molecule has 3 aliphatic carbocycles. The third kappa shape index (κ3) is 8.48. The summed E-state index contributed by atoms with van der Waals surface area (Å²) in [7, 11) is 3.01. The van der Waals surface area contributed by atoms with Crippen molar-refractivity contribution in [1.82, 2.24) is 4.90 Å². The summed E-state index contributed by atoms with van der Waals surface area (Å²) in [6.45, 7) is 4.34. The van der Waals surface area contributed by atoms with E-state index < -0.39 is 75.0 Å². The van der Waals surface area contributed by atoms with Crippen LogP contribution in [0.25, 0.3) is 38.7 Å². The summed E-state index contributed by atoms with van der Waals surface area (Å²) in [5.74, 6) is -7.89. The number of phenols is 1. The third-order valence-electron chi connectivity index (χ3n) is 13.0. The fraction of sp³-hybridized carbons (Fsp3) is 0.220. The molecular formula is C50H51Cl2N9O8. The fourth-order valence-electron chi connectivity index (χ4n) is 9.92. The highest BCUT2D eigenvalue weighted by atomic mass is 35.5. The Hall–Kier alpha value is -7.41. The predicted octanol–water partition coefficient (Wildman–Crippen LogP) is 3.00.